The summed E-state index contributed by atoms with van der Waals surface area (Å²) in [5.74, 6) is 0. The Hall–Kier alpha value is -0.0800. The number of rotatable bonds is 2. The number of ether oxygens (including phenoxy) is 2. The molecule has 0 N–H and O–H groups in total. The Bertz CT molecular complexity index is 41.9. The average Bonchev–Trinajstić information content (AvgIpc) is 2.44. The lowest BCUT2D eigenvalue weighted by molar-refractivity contribution is 0.162. The van der Waals surface area contributed by atoms with E-state index in [-0.39, 0.29) is 7.43 Å². The van der Waals surface area contributed by atoms with Crippen LogP contribution in [0.5, 0.6) is 0 Å². The predicted octanol–water partition coefficient (Wildman–Crippen LogP) is 2.48. The molecule has 0 aliphatic carbocycles. The molecule has 0 amide bonds. The summed E-state index contributed by atoms with van der Waals surface area (Å²) < 4.78 is 9.78. The molecule has 11 heavy (non-hydrogen) atoms. The van der Waals surface area contributed by atoms with Crippen molar-refractivity contribution in [2.24, 2.45) is 0 Å². The summed E-state index contributed by atoms with van der Waals surface area (Å²) in [6.45, 7) is 7.67. The quantitative estimate of drug-likeness (QED) is 0.621. The molecular weight excluding hydrogens is 140 g/mol. The van der Waals surface area contributed by atoms with Crippen molar-refractivity contribution in [1.29, 1.82) is 0 Å². The first kappa shape index (κ1) is 13.5. The molecule has 1 rings (SSSR count). The maximum atomic E-state index is 4.94. The van der Waals surface area contributed by atoms with Crippen molar-refractivity contribution in [1.82, 2.24) is 0 Å². The molecule has 0 saturated carbocycles. The highest BCUT2D eigenvalue weighted by atomic mass is 16.5. The minimum atomic E-state index is 0. The van der Waals surface area contributed by atoms with Gasteiger partial charge in [0.15, 0.2) is 0 Å². The van der Waals surface area contributed by atoms with Gasteiger partial charge < -0.3 is 9.47 Å². The molecule has 2 nitrogen and oxygen atoms in total. The number of hydrogen-bond acceptors (Lipinski definition) is 2. The fourth-order valence-electron chi connectivity index (χ4n) is 0.714. The van der Waals surface area contributed by atoms with Crippen molar-refractivity contribution in [3.8, 4) is 0 Å². The van der Waals surface area contributed by atoms with Gasteiger partial charge in [-0.3, -0.25) is 0 Å². The van der Waals surface area contributed by atoms with E-state index in [1.807, 2.05) is 13.8 Å². The SMILES string of the molecule is C.C1CCOC1.CCOCC. The van der Waals surface area contributed by atoms with E-state index in [2.05, 4.69) is 0 Å². The van der Waals surface area contributed by atoms with Gasteiger partial charge in [0.2, 0.25) is 0 Å². The lowest BCUT2D eigenvalue weighted by Gasteiger charge is -1.86. The molecule has 1 saturated heterocycles. The Kier molecular flexibility index (Phi) is 15.4. The predicted molar refractivity (Wildman–Crippen MR) is 49.0 cm³/mol. The second-order valence-electron chi connectivity index (χ2n) is 2.10. The van der Waals surface area contributed by atoms with E-state index in [9.17, 15) is 0 Å². The Morgan fingerprint density at radius 3 is 1.64 bits per heavy atom. The summed E-state index contributed by atoms with van der Waals surface area (Å²) in [5, 5.41) is 0. The highest BCUT2D eigenvalue weighted by Crippen LogP contribution is 1.98. The molecule has 2 heteroatoms. The molecule has 0 aromatic rings. The van der Waals surface area contributed by atoms with E-state index in [4.69, 9.17) is 9.47 Å². The van der Waals surface area contributed by atoms with Gasteiger partial charge >= 0.3 is 0 Å². The highest BCUT2D eigenvalue weighted by Gasteiger charge is 1.94. The summed E-state index contributed by atoms with van der Waals surface area (Å²) >= 11 is 0. The first-order chi connectivity index (χ1) is 4.91. The zero-order valence-electron chi connectivity index (χ0n) is 7.06. The van der Waals surface area contributed by atoms with Gasteiger partial charge in [-0.25, -0.2) is 0 Å². The van der Waals surface area contributed by atoms with Gasteiger partial charge in [0.25, 0.3) is 0 Å². The zero-order valence-corrected chi connectivity index (χ0v) is 7.06. The topological polar surface area (TPSA) is 18.5 Å². The van der Waals surface area contributed by atoms with Crippen LogP contribution in [0.1, 0.15) is 34.1 Å². The molecule has 1 fully saturated rings. The normalized spacial score (nSPS) is 14.7. The van der Waals surface area contributed by atoms with Crippen LogP contribution in [0.2, 0.25) is 0 Å². The lowest BCUT2D eigenvalue weighted by atomic mass is 10.4. The monoisotopic (exact) mass is 162 g/mol. The van der Waals surface area contributed by atoms with E-state index in [1.165, 1.54) is 12.8 Å². The van der Waals surface area contributed by atoms with Crippen molar-refractivity contribution in [2.45, 2.75) is 34.1 Å². The third-order valence-electron chi connectivity index (χ3n) is 1.24. The van der Waals surface area contributed by atoms with Crippen LogP contribution < -0.4 is 0 Å². The molecule has 0 radical (unpaired) electrons. The highest BCUT2D eigenvalue weighted by molar-refractivity contribution is 4.43. The maximum Gasteiger partial charge on any atom is 0.0466 e. The van der Waals surface area contributed by atoms with Gasteiger partial charge in [-0.2, -0.15) is 0 Å². The molecule has 0 aromatic heterocycles. The number of hydrogen-bond donors (Lipinski definition) is 0. The van der Waals surface area contributed by atoms with Gasteiger partial charge in [-0.15, -0.1) is 0 Å². The van der Waals surface area contributed by atoms with Crippen LogP contribution in [0.4, 0.5) is 0 Å². The van der Waals surface area contributed by atoms with Crippen LogP contribution in [-0.4, -0.2) is 26.4 Å². The maximum absolute atomic E-state index is 4.94. The van der Waals surface area contributed by atoms with Gasteiger partial charge in [-0.05, 0) is 26.7 Å². The van der Waals surface area contributed by atoms with E-state index in [1.54, 1.807) is 0 Å². The summed E-state index contributed by atoms with van der Waals surface area (Å²) in [5.41, 5.74) is 0. The van der Waals surface area contributed by atoms with E-state index < -0.39 is 0 Å². The van der Waals surface area contributed by atoms with Gasteiger partial charge in [-0.1, -0.05) is 7.43 Å². The third-order valence-corrected chi connectivity index (χ3v) is 1.24. The summed E-state index contributed by atoms with van der Waals surface area (Å²) in [7, 11) is 0. The van der Waals surface area contributed by atoms with Crippen LogP contribution >= 0.6 is 0 Å². The third kappa shape index (κ3) is 13.0. The molecule has 0 unspecified atom stereocenters. The lowest BCUT2D eigenvalue weighted by Crippen LogP contribution is -1.84. The van der Waals surface area contributed by atoms with Crippen LogP contribution in [0.3, 0.4) is 0 Å². The Labute approximate surface area is 70.9 Å². The smallest absolute Gasteiger partial charge is 0.0466 e. The average molecular weight is 162 g/mol. The van der Waals surface area contributed by atoms with Gasteiger partial charge in [0, 0.05) is 26.4 Å². The van der Waals surface area contributed by atoms with Crippen LogP contribution in [-0.2, 0) is 9.47 Å². The first-order valence-electron chi connectivity index (χ1n) is 4.07. The molecule has 1 heterocycles. The molecule has 70 valence electrons. The second-order valence-corrected chi connectivity index (χ2v) is 2.10. The van der Waals surface area contributed by atoms with Gasteiger partial charge in [0.05, 0.1) is 0 Å². The van der Waals surface area contributed by atoms with Crippen molar-refractivity contribution in [2.75, 3.05) is 26.4 Å². The van der Waals surface area contributed by atoms with Crippen molar-refractivity contribution >= 4 is 0 Å². The Morgan fingerprint density at radius 1 is 1.09 bits per heavy atom. The molecule has 0 spiro atoms. The summed E-state index contributed by atoms with van der Waals surface area (Å²) in [4.78, 5) is 0. The Morgan fingerprint density at radius 2 is 1.55 bits per heavy atom. The molecule has 0 atom stereocenters. The van der Waals surface area contributed by atoms with E-state index in [0.717, 1.165) is 26.4 Å². The molecule has 0 aromatic carbocycles. The standard InChI is InChI=1S/C4H8O.C4H10O.CH4/c1-2-4-5-3-1;1-3-5-4-2;/h1-4H2;3-4H2,1-2H3;1H4. The van der Waals surface area contributed by atoms with Crippen LogP contribution in [0.15, 0.2) is 0 Å². The second kappa shape index (κ2) is 12.6. The molecule has 1 aliphatic heterocycles. The van der Waals surface area contributed by atoms with Crippen molar-refractivity contribution in [3.05, 3.63) is 0 Å². The first-order valence-corrected chi connectivity index (χ1v) is 4.07. The Balaban J connectivity index is 0. The molecule has 1 aliphatic rings. The largest absolute Gasteiger partial charge is 0.382 e. The molecule has 0 bridgehead atoms. The fraction of sp³-hybridized carbons (Fsp3) is 1.00. The summed E-state index contributed by atoms with van der Waals surface area (Å²) in [6, 6.07) is 0. The minimum absolute atomic E-state index is 0. The minimum Gasteiger partial charge on any atom is -0.382 e. The van der Waals surface area contributed by atoms with E-state index >= 15 is 0 Å². The molecular formula is C9H22O2. The van der Waals surface area contributed by atoms with Gasteiger partial charge in [0.1, 0.15) is 0 Å². The summed E-state index contributed by atoms with van der Waals surface area (Å²) in [6.07, 6.45) is 2.56. The van der Waals surface area contributed by atoms with E-state index in [0.29, 0.717) is 0 Å². The fourth-order valence-corrected chi connectivity index (χ4v) is 0.714. The van der Waals surface area contributed by atoms with Crippen molar-refractivity contribution < 1.29 is 9.47 Å². The van der Waals surface area contributed by atoms with Crippen molar-refractivity contribution in [3.63, 3.8) is 0 Å². The zero-order chi connectivity index (χ0) is 7.66. The van der Waals surface area contributed by atoms with Crippen LogP contribution in [0, 0.1) is 0 Å². The van der Waals surface area contributed by atoms with Crippen LogP contribution in [0.25, 0.3) is 0 Å².